The molecule has 1 aromatic rings. The van der Waals surface area contributed by atoms with Crippen LogP contribution >= 0.6 is 11.3 Å². The van der Waals surface area contributed by atoms with Gasteiger partial charge in [0.05, 0.1) is 12.7 Å². The van der Waals surface area contributed by atoms with E-state index in [0.717, 1.165) is 4.88 Å². The average Bonchev–Trinajstić information content (AvgIpc) is 2.72. The van der Waals surface area contributed by atoms with Gasteiger partial charge in [-0.05, 0) is 25.1 Å². The number of amides is 1. The molecule has 0 radical (unpaired) electrons. The number of carbonyl (C=O) groups excluding carboxylic acids is 1. The summed E-state index contributed by atoms with van der Waals surface area (Å²) in [6.07, 6.45) is 2.66. The number of aryl methyl sites for hydroxylation is 1. The summed E-state index contributed by atoms with van der Waals surface area (Å²) < 4.78 is 4.81. The van der Waals surface area contributed by atoms with Crippen molar-refractivity contribution in [2.75, 3.05) is 27.3 Å². The van der Waals surface area contributed by atoms with E-state index in [1.807, 2.05) is 19.1 Å². The van der Waals surface area contributed by atoms with Crippen LogP contribution in [-0.2, 0) is 9.53 Å². The second-order valence-corrected chi connectivity index (χ2v) is 5.43. The average molecular weight is 269 g/mol. The third-order valence-electron chi connectivity index (χ3n) is 2.37. The number of nitrogens with zero attached hydrogens (tertiary/aromatic N) is 1. The van der Waals surface area contributed by atoms with E-state index in [9.17, 15) is 9.90 Å². The number of thiophene rings is 1. The molecule has 0 spiro atoms. The molecule has 0 aliphatic carbocycles. The van der Waals surface area contributed by atoms with Crippen molar-refractivity contribution in [1.82, 2.24) is 4.90 Å². The monoisotopic (exact) mass is 269 g/mol. The van der Waals surface area contributed by atoms with Crippen molar-refractivity contribution in [1.29, 1.82) is 0 Å². The van der Waals surface area contributed by atoms with Gasteiger partial charge in [-0.3, -0.25) is 4.79 Å². The van der Waals surface area contributed by atoms with Gasteiger partial charge in [0.15, 0.2) is 0 Å². The minimum atomic E-state index is -0.652. The van der Waals surface area contributed by atoms with Crippen molar-refractivity contribution in [2.45, 2.75) is 13.0 Å². The summed E-state index contributed by atoms with van der Waals surface area (Å²) in [5, 5.41) is 9.52. The zero-order chi connectivity index (χ0) is 13.5. The molecule has 1 N–H and O–H groups in total. The minimum absolute atomic E-state index is 0.129. The quantitative estimate of drug-likeness (QED) is 0.797. The number of hydrogen-bond acceptors (Lipinski definition) is 4. The number of hydrogen-bond donors (Lipinski definition) is 1. The molecule has 1 amide bonds. The Balaban J connectivity index is 2.46. The Morgan fingerprint density at radius 2 is 2.33 bits per heavy atom. The number of aliphatic hydroxyl groups excluding tert-OH is 1. The Kier molecular flexibility index (Phi) is 6.04. The number of carbonyl (C=O) groups is 1. The number of ether oxygens (including phenoxy) is 1. The number of rotatable bonds is 6. The zero-order valence-electron chi connectivity index (χ0n) is 10.9. The summed E-state index contributed by atoms with van der Waals surface area (Å²) in [5.74, 6) is -0.129. The summed E-state index contributed by atoms with van der Waals surface area (Å²) in [6.45, 7) is 2.52. The molecule has 18 heavy (non-hydrogen) atoms. The first-order chi connectivity index (χ1) is 8.52. The molecule has 0 bridgehead atoms. The Labute approximate surface area is 111 Å². The van der Waals surface area contributed by atoms with Gasteiger partial charge < -0.3 is 14.7 Å². The first-order valence-corrected chi connectivity index (χ1v) is 6.51. The lowest BCUT2D eigenvalue weighted by molar-refractivity contribution is -0.126. The van der Waals surface area contributed by atoms with E-state index in [-0.39, 0.29) is 19.1 Å². The second-order valence-electron chi connectivity index (χ2n) is 4.11. The van der Waals surface area contributed by atoms with Crippen molar-refractivity contribution in [3.05, 3.63) is 28.0 Å². The van der Waals surface area contributed by atoms with Gasteiger partial charge in [-0.1, -0.05) is 0 Å². The largest absolute Gasteiger partial charge is 0.389 e. The van der Waals surface area contributed by atoms with Crippen LogP contribution < -0.4 is 0 Å². The van der Waals surface area contributed by atoms with Gasteiger partial charge in [0.1, 0.15) is 0 Å². The highest BCUT2D eigenvalue weighted by Crippen LogP contribution is 2.16. The molecule has 100 valence electrons. The lowest BCUT2D eigenvalue weighted by Gasteiger charge is -2.18. The summed E-state index contributed by atoms with van der Waals surface area (Å²) in [7, 11) is 3.18. The van der Waals surface area contributed by atoms with Crippen LogP contribution in [0.4, 0.5) is 0 Å². The molecule has 5 heteroatoms. The van der Waals surface area contributed by atoms with E-state index < -0.39 is 6.10 Å². The summed E-state index contributed by atoms with van der Waals surface area (Å²) in [4.78, 5) is 15.5. The molecule has 0 aromatic carbocycles. The van der Waals surface area contributed by atoms with Gasteiger partial charge in [-0.15, -0.1) is 11.3 Å². The molecule has 0 aliphatic heterocycles. The summed E-state index contributed by atoms with van der Waals surface area (Å²) in [5.41, 5.74) is 0. The highest BCUT2D eigenvalue weighted by Gasteiger charge is 2.11. The number of likely N-dealkylation sites (N-methyl/N-ethyl adjacent to an activating group) is 1. The Bertz CT molecular complexity index is 414. The van der Waals surface area contributed by atoms with E-state index in [1.54, 1.807) is 24.5 Å². The van der Waals surface area contributed by atoms with Crippen LogP contribution in [-0.4, -0.2) is 49.3 Å². The van der Waals surface area contributed by atoms with Crippen LogP contribution in [0.2, 0.25) is 0 Å². The fraction of sp³-hybridized carbons (Fsp3) is 0.462. The fourth-order valence-electron chi connectivity index (χ4n) is 1.47. The molecule has 1 atom stereocenters. The second kappa shape index (κ2) is 7.31. The van der Waals surface area contributed by atoms with E-state index in [0.29, 0.717) is 0 Å². The minimum Gasteiger partial charge on any atom is -0.389 e. The van der Waals surface area contributed by atoms with E-state index >= 15 is 0 Å². The topological polar surface area (TPSA) is 49.8 Å². The van der Waals surface area contributed by atoms with E-state index in [4.69, 9.17) is 4.74 Å². The summed E-state index contributed by atoms with van der Waals surface area (Å²) in [6, 6.07) is 3.99. The van der Waals surface area contributed by atoms with E-state index in [1.165, 1.54) is 23.0 Å². The Morgan fingerprint density at radius 3 is 2.89 bits per heavy atom. The van der Waals surface area contributed by atoms with Crippen LogP contribution in [0.5, 0.6) is 0 Å². The molecule has 1 heterocycles. The van der Waals surface area contributed by atoms with Gasteiger partial charge >= 0.3 is 0 Å². The van der Waals surface area contributed by atoms with Gasteiger partial charge in [-0.2, -0.15) is 0 Å². The van der Waals surface area contributed by atoms with Crippen LogP contribution in [0.3, 0.4) is 0 Å². The van der Waals surface area contributed by atoms with Crippen LogP contribution in [0.15, 0.2) is 18.2 Å². The zero-order valence-corrected chi connectivity index (χ0v) is 11.7. The highest BCUT2D eigenvalue weighted by molar-refractivity contribution is 7.12. The molecule has 1 unspecified atom stereocenters. The molecule has 0 saturated carbocycles. The van der Waals surface area contributed by atoms with Gasteiger partial charge in [-0.25, -0.2) is 0 Å². The maximum absolute atomic E-state index is 11.8. The van der Waals surface area contributed by atoms with Crippen molar-refractivity contribution in [3.63, 3.8) is 0 Å². The molecule has 0 saturated heterocycles. The van der Waals surface area contributed by atoms with Gasteiger partial charge in [0.2, 0.25) is 5.91 Å². The Hall–Kier alpha value is -1.17. The molecule has 0 fully saturated rings. The smallest absolute Gasteiger partial charge is 0.246 e. The van der Waals surface area contributed by atoms with Crippen LogP contribution in [0.1, 0.15) is 9.75 Å². The van der Waals surface area contributed by atoms with Crippen molar-refractivity contribution in [3.8, 4) is 0 Å². The third kappa shape index (κ3) is 5.00. The normalized spacial score (nSPS) is 12.9. The number of aliphatic hydroxyl groups is 1. The molecular formula is C13H19NO3S. The first kappa shape index (κ1) is 14.9. The SMILES string of the molecule is COCC(O)CN(C)C(=O)C=Cc1ccc(C)s1. The highest BCUT2D eigenvalue weighted by atomic mass is 32.1. The molecule has 1 rings (SSSR count). The standard InChI is InChI=1S/C13H19NO3S/c1-10-4-5-12(18-10)6-7-13(16)14(2)8-11(15)9-17-3/h4-7,11,15H,8-9H2,1-3H3. The molecule has 0 aliphatic rings. The maximum atomic E-state index is 11.8. The number of methoxy groups -OCH3 is 1. The third-order valence-corrected chi connectivity index (χ3v) is 3.34. The van der Waals surface area contributed by atoms with Crippen LogP contribution in [0, 0.1) is 6.92 Å². The molecule has 4 nitrogen and oxygen atoms in total. The maximum Gasteiger partial charge on any atom is 0.246 e. The lowest BCUT2D eigenvalue weighted by Crippen LogP contribution is -2.35. The first-order valence-electron chi connectivity index (χ1n) is 5.69. The Morgan fingerprint density at radius 1 is 1.61 bits per heavy atom. The van der Waals surface area contributed by atoms with Crippen molar-refractivity contribution in [2.24, 2.45) is 0 Å². The predicted octanol–water partition coefficient (Wildman–Crippen LogP) is 1.54. The molecular weight excluding hydrogens is 250 g/mol. The van der Waals surface area contributed by atoms with Gasteiger partial charge in [0.25, 0.3) is 0 Å². The summed E-state index contributed by atoms with van der Waals surface area (Å²) >= 11 is 1.64. The van der Waals surface area contributed by atoms with Crippen LogP contribution in [0.25, 0.3) is 6.08 Å². The van der Waals surface area contributed by atoms with Crippen molar-refractivity contribution >= 4 is 23.3 Å². The molecule has 1 aromatic heterocycles. The van der Waals surface area contributed by atoms with Gasteiger partial charge in [0, 0.05) is 36.5 Å². The van der Waals surface area contributed by atoms with Crippen molar-refractivity contribution < 1.29 is 14.6 Å². The fourth-order valence-corrected chi connectivity index (χ4v) is 2.25. The van der Waals surface area contributed by atoms with E-state index in [2.05, 4.69) is 0 Å². The predicted molar refractivity (Wildman–Crippen MR) is 73.6 cm³/mol. The lowest BCUT2D eigenvalue weighted by atomic mass is 10.3.